The summed E-state index contributed by atoms with van der Waals surface area (Å²) in [4.78, 5) is 2.31. The van der Waals surface area contributed by atoms with Gasteiger partial charge in [-0.15, -0.1) is 0 Å². The maximum atomic E-state index is 6.89. The van der Waals surface area contributed by atoms with E-state index in [2.05, 4.69) is 150 Å². The van der Waals surface area contributed by atoms with Crippen LogP contribution in [-0.4, -0.2) is 0 Å². The molecule has 0 aliphatic carbocycles. The van der Waals surface area contributed by atoms with Crippen molar-refractivity contribution in [2.75, 3.05) is 4.90 Å². The van der Waals surface area contributed by atoms with Crippen LogP contribution in [0.25, 0.3) is 88.1 Å². The van der Waals surface area contributed by atoms with Crippen LogP contribution in [0.15, 0.2) is 189 Å². The standard InChI is InChI=1S/C48H29NO3/c1-2-14-30(15-3-1)49(41-24-13-23-37-34-19-7-10-26-43(34)51-47(37)41)40-29-28-38(48-45(40)39-20-8-11-27-44(39)52-48)32-17-5-4-16-31(32)35-21-12-22-36-33-18-6-9-25-42(33)50-46(35)36/h1-29H. The summed E-state index contributed by atoms with van der Waals surface area (Å²) < 4.78 is 20.0. The van der Waals surface area contributed by atoms with E-state index in [4.69, 9.17) is 13.3 Å². The Kier molecular flexibility index (Phi) is 6.22. The number of nitrogens with zero attached hydrogens (tertiary/aromatic N) is 1. The molecule has 0 saturated carbocycles. The number of benzene rings is 8. The second kappa shape index (κ2) is 11.2. The molecule has 0 saturated heterocycles. The fourth-order valence-corrected chi connectivity index (χ4v) is 8.01. The quantitative estimate of drug-likeness (QED) is 0.183. The van der Waals surface area contributed by atoms with E-state index in [1.54, 1.807) is 0 Å². The monoisotopic (exact) mass is 667 g/mol. The van der Waals surface area contributed by atoms with E-state index in [1.807, 2.05) is 30.3 Å². The van der Waals surface area contributed by atoms with Crippen LogP contribution in [0.2, 0.25) is 0 Å². The number of furan rings is 3. The van der Waals surface area contributed by atoms with Gasteiger partial charge in [-0.05, 0) is 59.7 Å². The molecule has 0 spiro atoms. The minimum Gasteiger partial charge on any atom is -0.455 e. The van der Waals surface area contributed by atoms with E-state index in [0.29, 0.717) is 0 Å². The molecule has 3 aromatic heterocycles. The van der Waals surface area contributed by atoms with Gasteiger partial charge in [-0.1, -0.05) is 127 Å². The fraction of sp³-hybridized carbons (Fsp3) is 0. The average Bonchev–Trinajstić information content (AvgIpc) is 3.91. The minimum atomic E-state index is 0.820. The Balaban J connectivity index is 1.20. The van der Waals surface area contributed by atoms with Gasteiger partial charge in [-0.3, -0.25) is 0 Å². The number of para-hydroxylation sites is 6. The molecule has 0 amide bonds. The molecule has 0 bridgehead atoms. The van der Waals surface area contributed by atoms with E-state index >= 15 is 0 Å². The molecule has 52 heavy (non-hydrogen) atoms. The van der Waals surface area contributed by atoms with Gasteiger partial charge in [-0.25, -0.2) is 0 Å². The third kappa shape index (κ3) is 4.21. The molecule has 244 valence electrons. The van der Waals surface area contributed by atoms with Crippen LogP contribution in [0.1, 0.15) is 0 Å². The lowest BCUT2D eigenvalue weighted by Crippen LogP contribution is -2.10. The second-order valence-electron chi connectivity index (χ2n) is 13.2. The molecular weight excluding hydrogens is 639 g/mol. The molecule has 4 nitrogen and oxygen atoms in total. The Bertz CT molecular complexity index is 3150. The molecule has 0 unspecified atom stereocenters. The van der Waals surface area contributed by atoms with Crippen molar-refractivity contribution in [3.63, 3.8) is 0 Å². The maximum Gasteiger partial charge on any atom is 0.159 e. The van der Waals surface area contributed by atoms with E-state index < -0.39 is 0 Å². The molecule has 4 heteroatoms. The number of anilines is 3. The van der Waals surface area contributed by atoms with Gasteiger partial charge < -0.3 is 18.2 Å². The minimum absolute atomic E-state index is 0.820. The van der Waals surface area contributed by atoms with E-state index in [-0.39, 0.29) is 0 Å². The summed E-state index contributed by atoms with van der Waals surface area (Å²) >= 11 is 0. The zero-order chi connectivity index (χ0) is 34.2. The highest BCUT2D eigenvalue weighted by molar-refractivity contribution is 6.20. The number of fused-ring (bicyclic) bond motifs is 9. The van der Waals surface area contributed by atoms with Gasteiger partial charge in [0.2, 0.25) is 0 Å². The number of rotatable bonds is 5. The van der Waals surface area contributed by atoms with Crippen molar-refractivity contribution in [1.82, 2.24) is 0 Å². The molecular formula is C48H29NO3. The number of hydrogen-bond donors (Lipinski definition) is 0. The van der Waals surface area contributed by atoms with E-state index in [0.717, 1.165) is 105 Å². The topological polar surface area (TPSA) is 42.7 Å². The van der Waals surface area contributed by atoms with Gasteiger partial charge in [0.05, 0.1) is 16.8 Å². The summed E-state index contributed by atoms with van der Waals surface area (Å²) in [5.74, 6) is 0. The van der Waals surface area contributed by atoms with Gasteiger partial charge in [-0.2, -0.15) is 0 Å². The van der Waals surface area contributed by atoms with E-state index in [9.17, 15) is 0 Å². The van der Waals surface area contributed by atoms with Crippen molar-refractivity contribution in [1.29, 1.82) is 0 Å². The first-order valence-corrected chi connectivity index (χ1v) is 17.5. The smallest absolute Gasteiger partial charge is 0.159 e. The summed E-state index contributed by atoms with van der Waals surface area (Å²) in [5, 5.41) is 6.46. The summed E-state index contributed by atoms with van der Waals surface area (Å²) in [7, 11) is 0. The van der Waals surface area contributed by atoms with Crippen LogP contribution in [-0.2, 0) is 0 Å². The predicted molar refractivity (Wildman–Crippen MR) is 214 cm³/mol. The lowest BCUT2D eigenvalue weighted by Gasteiger charge is -2.26. The highest BCUT2D eigenvalue weighted by Gasteiger charge is 2.26. The van der Waals surface area contributed by atoms with Crippen molar-refractivity contribution in [2.24, 2.45) is 0 Å². The van der Waals surface area contributed by atoms with Crippen molar-refractivity contribution >= 4 is 82.9 Å². The molecule has 8 aromatic carbocycles. The van der Waals surface area contributed by atoms with Gasteiger partial charge in [0, 0.05) is 43.7 Å². The highest BCUT2D eigenvalue weighted by Crippen LogP contribution is 2.49. The first-order valence-electron chi connectivity index (χ1n) is 17.5. The van der Waals surface area contributed by atoms with Crippen molar-refractivity contribution in [3.8, 4) is 22.3 Å². The first kappa shape index (κ1) is 28.8. The van der Waals surface area contributed by atoms with Crippen LogP contribution in [0.3, 0.4) is 0 Å². The lowest BCUT2D eigenvalue weighted by atomic mass is 9.92. The SMILES string of the molecule is c1ccc(N(c2cccc3c2oc2ccccc23)c2ccc(-c3ccccc3-c3cccc4c3oc3ccccc34)c3oc4ccccc4c23)cc1. The molecule has 0 aliphatic rings. The summed E-state index contributed by atoms with van der Waals surface area (Å²) in [6.45, 7) is 0. The van der Waals surface area contributed by atoms with Crippen LogP contribution in [0, 0.1) is 0 Å². The van der Waals surface area contributed by atoms with Crippen LogP contribution in [0.4, 0.5) is 17.1 Å². The van der Waals surface area contributed by atoms with Crippen LogP contribution < -0.4 is 4.90 Å². The molecule has 3 heterocycles. The van der Waals surface area contributed by atoms with Crippen LogP contribution >= 0.6 is 0 Å². The molecule has 0 atom stereocenters. The molecule has 0 radical (unpaired) electrons. The van der Waals surface area contributed by atoms with Gasteiger partial charge in [0.1, 0.15) is 27.9 Å². The van der Waals surface area contributed by atoms with Crippen molar-refractivity contribution in [2.45, 2.75) is 0 Å². The van der Waals surface area contributed by atoms with Gasteiger partial charge >= 0.3 is 0 Å². The first-order chi connectivity index (χ1) is 25.8. The number of hydrogen-bond acceptors (Lipinski definition) is 4. The average molecular weight is 668 g/mol. The van der Waals surface area contributed by atoms with Gasteiger partial charge in [0.15, 0.2) is 5.58 Å². The molecule has 11 aromatic rings. The van der Waals surface area contributed by atoms with Crippen LogP contribution in [0.5, 0.6) is 0 Å². The van der Waals surface area contributed by atoms with Crippen molar-refractivity contribution in [3.05, 3.63) is 176 Å². The second-order valence-corrected chi connectivity index (χ2v) is 13.2. The van der Waals surface area contributed by atoms with Crippen molar-refractivity contribution < 1.29 is 13.3 Å². The largest absolute Gasteiger partial charge is 0.455 e. The molecule has 0 N–H and O–H groups in total. The summed E-state index contributed by atoms with van der Waals surface area (Å²) in [6.07, 6.45) is 0. The Morgan fingerprint density at radius 3 is 1.48 bits per heavy atom. The fourth-order valence-electron chi connectivity index (χ4n) is 8.01. The zero-order valence-corrected chi connectivity index (χ0v) is 27.9. The summed E-state index contributed by atoms with van der Waals surface area (Å²) in [5.41, 5.74) is 12.3. The third-order valence-electron chi connectivity index (χ3n) is 10.3. The zero-order valence-electron chi connectivity index (χ0n) is 27.9. The predicted octanol–water partition coefficient (Wildman–Crippen LogP) is 14.2. The summed E-state index contributed by atoms with van der Waals surface area (Å²) in [6, 6.07) is 61.1. The Hall–Kier alpha value is -7.04. The molecule has 11 rings (SSSR count). The lowest BCUT2D eigenvalue weighted by molar-refractivity contribution is 0.668. The normalized spacial score (nSPS) is 11.8. The highest BCUT2D eigenvalue weighted by atomic mass is 16.3. The van der Waals surface area contributed by atoms with Gasteiger partial charge in [0.25, 0.3) is 0 Å². The maximum absolute atomic E-state index is 6.89. The Morgan fingerprint density at radius 1 is 0.288 bits per heavy atom. The van der Waals surface area contributed by atoms with E-state index in [1.165, 1.54) is 0 Å². The third-order valence-corrected chi connectivity index (χ3v) is 10.3. The molecule has 0 aliphatic heterocycles. The Morgan fingerprint density at radius 2 is 0.769 bits per heavy atom. The Labute approximate surface area is 298 Å². The molecule has 0 fully saturated rings.